The van der Waals surface area contributed by atoms with Crippen molar-refractivity contribution in [2.24, 2.45) is 5.92 Å². The highest BCUT2D eigenvalue weighted by Crippen LogP contribution is 2.29. The van der Waals surface area contributed by atoms with Gasteiger partial charge in [-0.15, -0.1) is 0 Å². The minimum atomic E-state index is 0.423. The monoisotopic (exact) mass is 279 g/mol. The zero-order valence-electron chi connectivity index (χ0n) is 12.7. The molecule has 1 aliphatic rings. The first-order valence-corrected chi connectivity index (χ1v) is 7.50. The molecule has 1 saturated carbocycles. The van der Waals surface area contributed by atoms with Gasteiger partial charge in [0.15, 0.2) is 0 Å². The van der Waals surface area contributed by atoms with E-state index in [-0.39, 0.29) is 0 Å². The highest BCUT2D eigenvalue weighted by atomic mass is 16.5. The van der Waals surface area contributed by atoms with Crippen molar-refractivity contribution < 1.29 is 9.47 Å². The van der Waals surface area contributed by atoms with Crippen molar-refractivity contribution in [1.29, 1.82) is 0 Å². The molecule has 2 rings (SSSR count). The van der Waals surface area contributed by atoms with E-state index >= 15 is 0 Å². The van der Waals surface area contributed by atoms with Crippen molar-refractivity contribution in [3.63, 3.8) is 0 Å². The van der Waals surface area contributed by atoms with E-state index in [9.17, 15) is 0 Å². The zero-order chi connectivity index (χ0) is 14.4. The Bertz CT molecular complexity index is 397. The van der Waals surface area contributed by atoms with Crippen LogP contribution >= 0.6 is 0 Å². The second-order valence-corrected chi connectivity index (χ2v) is 5.33. The van der Waals surface area contributed by atoms with Crippen molar-refractivity contribution >= 4 is 5.95 Å². The summed E-state index contributed by atoms with van der Waals surface area (Å²) in [5, 5.41) is 3.47. The summed E-state index contributed by atoms with van der Waals surface area (Å²) in [6.07, 6.45) is 7.72. The summed E-state index contributed by atoms with van der Waals surface area (Å²) in [5.74, 6) is 2.36. The van der Waals surface area contributed by atoms with Gasteiger partial charge in [-0.1, -0.05) is 26.2 Å². The van der Waals surface area contributed by atoms with E-state index in [1.165, 1.54) is 32.1 Å². The first kappa shape index (κ1) is 14.9. The molecular weight excluding hydrogens is 254 g/mol. The molecule has 1 heterocycles. The highest BCUT2D eigenvalue weighted by molar-refractivity contribution is 5.34. The maximum atomic E-state index is 5.19. The number of aromatic nitrogens is 2. The smallest absolute Gasteiger partial charge is 0.229 e. The number of hydrogen-bond donors (Lipinski definition) is 1. The van der Waals surface area contributed by atoms with Crippen LogP contribution in [0, 0.1) is 5.92 Å². The number of methoxy groups -OCH3 is 2. The third kappa shape index (κ3) is 3.74. The molecule has 1 aromatic heterocycles. The van der Waals surface area contributed by atoms with Crippen LogP contribution in [-0.4, -0.2) is 30.2 Å². The van der Waals surface area contributed by atoms with E-state index in [2.05, 4.69) is 22.2 Å². The minimum Gasteiger partial charge on any atom is -0.481 e. The van der Waals surface area contributed by atoms with Crippen molar-refractivity contribution in [2.75, 3.05) is 19.5 Å². The molecule has 20 heavy (non-hydrogen) atoms. The van der Waals surface area contributed by atoms with Gasteiger partial charge in [0.1, 0.15) is 0 Å². The lowest BCUT2D eigenvalue weighted by Crippen LogP contribution is -2.30. The van der Waals surface area contributed by atoms with Gasteiger partial charge in [-0.3, -0.25) is 0 Å². The summed E-state index contributed by atoms with van der Waals surface area (Å²) in [4.78, 5) is 8.72. The number of nitrogens with zero attached hydrogens (tertiary/aromatic N) is 2. The molecule has 112 valence electrons. The van der Waals surface area contributed by atoms with E-state index in [4.69, 9.17) is 9.47 Å². The van der Waals surface area contributed by atoms with E-state index in [0.717, 1.165) is 12.3 Å². The molecule has 0 radical (unpaired) electrons. The third-order valence-corrected chi connectivity index (χ3v) is 4.07. The Hall–Kier alpha value is -1.52. The van der Waals surface area contributed by atoms with Gasteiger partial charge in [0.2, 0.25) is 17.7 Å². The normalized spacial score (nSPS) is 17.6. The summed E-state index contributed by atoms with van der Waals surface area (Å²) in [6.45, 7) is 2.21. The van der Waals surface area contributed by atoms with Crippen molar-refractivity contribution in [2.45, 2.75) is 51.5 Å². The Kier molecular flexibility index (Phi) is 5.44. The number of hydrogen-bond acceptors (Lipinski definition) is 5. The van der Waals surface area contributed by atoms with Gasteiger partial charge in [-0.2, -0.15) is 9.97 Å². The van der Waals surface area contributed by atoms with Gasteiger partial charge in [0.25, 0.3) is 0 Å². The lowest BCUT2D eigenvalue weighted by atomic mass is 9.83. The number of ether oxygens (including phenoxy) is 2. The number of rotatable bonds is 6. The third-order valence-electron chi connectivity index (χ3n) is 4.07. The molecule has 0 amide bonds. The van der Waals surface area contributed by atoms with Crippen molar-refractivity contribution in [3.05, 3.63) is 6.07 Å². The predicted molar refractivity (Wildman–Crippen MR) is 79.4 cm³/mol. The first-order chi connectivity index (χ1) is 9.76. The maximum Gasteiger partial charge on any atom is 0.229 e. The largest absolute Gasteiger partial charge is 0.481 e. The Morgan fingerprint density at radius 1 is 1.15 bits per heavy atom. The van der Waals surface area contributed by atoms with Gasteiger partial charge in [-0.05, 0) is 25.2 Å². The van der Waals surface area contributed by atoms with E-state index in [1.54, 1.807) is 20.3 Å². The lowest BCUT2D eigenvalue weighted by molar-refractivity contribution is 0.311. The predicted octanol–water partition coefficient (Wildman–Crippen LogP) is 3.26. The second-order valence-electron chi connectivity index (χ2n) is 5.33. The molecule has 1 atom stereocenters. The molecule has 0 aliphatic heterocycles. The van der Waals surface area contributed by atoms with Crippen LogP contribution in [0.5, 0.6) is 11.8 Å². The molecule has 1 aliphatic carbocycles. The summed E-state index contributed by atoms with van der Waals surface area (Å²) < 4.78 is 10.4. The van der Waals surface area contributed by atoms with Crippen LogP contribution in [0.4, 0.5) is 5.95 Å². The molecule has 0 aromatic carbocycles. The molecule has 0 spiro atoms. The summed E-state index contributed by atoms with van der Waals surface area (Å²) in [5.41, 5.74) is 0. The fourth-order valence-electron chi connectivity index (χ4n) is 2.93. The van der Waals surface area contributed by atoms with Crippen LogP contribution in [0.2, 0.25) is 0 Å². The van der Waals surface area contributed by atoms with Crippen LogP contribution in [0.25, 0.3) is 0 Å². The van der Waals surface area contributed by atoms with Gasteiger partial charge < -0.3 is 14.8 Å². The van der Waals surface area contributed by atoms with Crippen LogP contribution < -0.4 is 14.8 Å². The molecule has 5 nitrogen and oxygen atoms in total. The van der Waals surface area contributed by atoms with E-state index in [1.807, 2.05) is 0 Å². The fraction of sp³-hybridized carbons (Fsp3) is 0.733. The molecule has 1 aromatic rings. The Balaban J connectivity index is 2.09. The van der Waals surface area contributed by atoms with Crippen LogP contribution in [0.3, 0.4) is 0 Å². The molecule has 1 unspecified atom stereocenters. The molecule has 0 bridgehead atoms. The molecular formula is C15H25N3O2. The minimum absolute atomic E-state index is 0.423. The first-order valence-electron chi connectivity index (χ1n) is 7.50. The maximum absolute atomic E-state index is 5.19. The van der Waals surface area contributed by atoms with Gasteiger partial charge >= 0.3 is 0 Å². The standard InChI is InChI=1S/C15H25N3O2/c1-4-12(11-8-6-5-7-9-11)16-15-17-13(19-2)10-14(18-15)20-3/h10-12H,4-9H2,1-3H3,(H,16,17,18). The topological polar surface area (TPSA) is 56.3 Å². The Labute approximate surface area is 121 Å². The number of nitrogens with one attached hydrogen (secondary N) is 1. The van der Waals surface area contributed by atoms with Gasteiger partial charge in [0.05, 0.1) is 20.3 Å². The van der Waals surface area contributed by atoms with Crippen LogP contribution in [0.15, 0.2) is 6.07 Å². The zero-order valence-corrected chi connectivity index (χ0v) is 12.7. The summed E-state index contributed by atoms with van der Waals surface area (Å²) >= 11 is 0. The molecule has 1 N–H and O–H groups in total. The Morgan fingerprint density at radius 2 is 1.75 bits per heavy atom. The molecule has 1 fully saturated rings. The van der Waals surface area contributed by atoms with E-state index < -0.39 is 0 Å². The van der Waals surface area contributed by atoms with Crippen molar-refractivity contribution in [3.8, 4) is 11.8 Å². The van der Waals surface area contributed by atoms with Crippen LogP contribution in [0.1, 0.15) is 45.4 Å². The lowest BCUT2D eigenvalue weighted by Gasteiger charge is -2.30. The van der Waals surface area contributed by atoms with E-state index in [0.29, 0.717) is 23.8 Å². The molecule has 5 heteroatoms. The highest BCUT2D eigenvalue weighted by Gasteiger charge is 2.23. The SMILES string of the molecule is CCC(Nc1nc(OC)cc(OC)n1)C1CCCCC1. The Morgan fingerprint density at radius 3 is 2.25 bits per heavy atom. The molecule has 0 saturated heterocycles. The van der Waals surface area contributed by atoms with Crippen LogP contribution in [-0.2, 0) is 0 Å². The fourth-order valence-corrected chi connectivity index (χ4v) is 2.93. The summed E-state index contributed by atoms with van der Waals surface area (Å²) in [6, 6.07) is 2.11. The average Bonchev–Trinajstić information content (AvgIpc) is 2.53. The van der Waals surface area contributed by atoms with Gasteiger partial charge in [0, 0.05) is 6.04 Å². The quantitative estimate of drug-likeness (QED) is 0.866. The van der Waals surface area contributed by atoms with Gasteiger partial charge in [-0.25, -0.2) is 0 Å². The number of anilines is 1. The van der Waals surface area contributed by atoms with Crippen molar-refractivity contribution in [1.82, 2.24) is 9.97 Å². The summed E-state index contributed by atoms with van der Waals surface area (Å²) in [7, 11) is 3.20. The average molecular weight is 279 g/mol. The second kappa shape index (κ2) is 7.31.